The van der Waals surface area contributed by atoms with Crippen LogP contribution in [-0.2, 0) is 0 Å². The van der Waals surface area contributed by atoms with Crippen molar-refractivity contribution < 1.29 is 9.15 Å². The fourth-order valence-electron chi connectivity index (χ4n) is 4.66. The Balaban J connectivity index is 1.36. The minimum Gasteiger partial charge on any atom is -0.459 e. The van der Waals surface area contributed by atoms with E-state index in [9.17, 15) is 0 Å². The molecule has 6 heteroatoms. The van der Waals surface area contributed by atoms with Gasteiger partial charge in [-0.15, -0.1) is 0 Å². The van der Waals surface area contributed by atoms with Crippen LogP contribution in [0.25, 0.3) is 11.3 Å². The second kappa shape index (κ2) is 9.91. The van der Waals surface area contributed by atoms with E-state index >= 15 is 0 Å². The number of nitrogens with zero attached hydrogens (tertiary/aromatic N) is 2. The Labute approximate surface area is 221 Å². The molecule has 0 radical (unpaired) electrons. The third kappa shape index (κ3) is 4.59. The van der Waals surface area contributed by atoms with E-state index in [0.29, 0.717) is 5.11 Å². The molecule has 1 aliphatic heterocycles. The molecule has 1 fully saturated rings. The van der Waals surface area contributed by atoms with Gasteiger partial charge in [-0.25, -0.2) is 0 Å². The second-order valence-electron chi connectivity index (χ2n) is 8.93. The van der Waals surface area contributed by atoms with Crippen LogP contribution in [0.5, 0.6) is 11.5 Å². The molecule has 5 aromatic rings. The fraction of sp³-hybridized carbons (Fsp3) is 0.0968. The Hall–Kier alpha value is -4.42. The summed E-state index contributed by atoms with van der Waals surface area (Å²) in [6, 6.07) is 35.6. The van der Waals surface area contributed by atoms with Gasteiger partial charge >= 0.3 is 0 Å². The van der Waals surface area contributed by atoms with Crippen LogP contribution in [0, 0.1) is 6.92 Å². The average Bonchev–Trinajstić information content (AvgIpc) is 3.56. The fourth-order valence-corrected chi connectivity index (χ4v) is 5.01. The Morgan fingerprint density at radius 2 is 1.59 bits per heavy atom. The van der Waals surface area contributed by atoms with E-state index in [2.05, 4.69) is 15.2 Å². The molecule has 0 amide bonds. The zero-order valence-corrected chi connectivity index (χ0v) is 21.1. The molecule has 5 nitrogen and oxygen atoms in total. The molecule has 2 aromatic heterocycles. The third-order valence-corrected chi connectivity index (χ3v) is 6.83. The zero-order chi connectivity index (χ0) is 25.2. The number of nitrogens with one attached hydrogen (secondary N) is 1. The standard InChI is InChI=1S/C31H25N3O2S/c1-21-9-5-6-13-26(21)35-24-16-14-23(15-17-24)34-30(29(33-31(34)37)25-12-7-8-20-32-25)28-19-18-27(36-28)22-10-3-2-4-11-22/h2-20,29-30H,1H3,(H,33,37)/t29-,30-/m1/s1. The number of hydrogen-bond donors (Lipinski definition) is 1. The number of rotatable bonds is 6. The SMILES string of the molecule is Cc1ccccc1Oc1ccc(N2C(=S)N[C@H](c3ccccn3)[C@H]2c2ccc(-c3ccccc3)o2)cc1. The lowest BCUT2D eigenvalue weighted by atomic mass is 10.0. The molecule has 0 aliphatic carbocycles. The van der Waals surface area contributed by atoms with Crippen molar-refractivity contribution in [1.82, 2.24) is 10.3 Å². The minimum atomic E-state index is -0.219. The maximum atomic E-state index is 6.43. The van der Waals surface area contributed by atoms with Gasteiger partial charge < -0.3 is 19.4 Å². The van der Waals surface area contributed by atoms with Crippen molar-refractivity contribution >= 4 is 23.0 Å². The maximum Gasteiger partial charge on any atom is 0.174 e. The number of anilines is 1. The Kier molecular flexibility index (Phi) is 6.16. The van der Waals surface area contributed by atoms with E-state index in [1.165, 1.54) is 0 Å². The van der Waals surface area contributed by atoms with Crippen molar-refractivity contribution in [3.05, 3.63) is 132 Å². The summed E-state index contributed by atoms with van der Waals surface area (Å²) in [6.45, 7) is 2.04. The Morgan fingerprint density at radius 3 is 2.35 bits per heavy atom. The van der Waals surface area contributed by atoms with E-state index in [0.717, 1.165) is 45.5 Å². The third-order valence-electron chi connectivity index (χ3n) is 6.51. The van der Waals surface area contributed by atoms with Crippen molar-refractivity contribution in [3.63, 3.8) is 0 Å². The smallest absolute Gasteiger partial charge is 0.174 e. The van der Waals surface area contributed by atoms with Crippen molar-refractivity contribution in [2.24, 2.45) is 0 Å². The van der Waals surface area contributed by atoms with Crippen molar-refractivity contribution in [1.29, 1.82) is 0 Å². The van der Waals surface area contributed by atoms with Crippen molar-refractivity contribution in [3.8, 4) is 22.8 Å². The highest BCUT2D eigenvalue weighted by atomic mass is 32.1. The monoisotopic (exact) mass is 503 g/mol. The van der Waals surface area contributed by atoms with Gasteiger partial charge in [-0.3, -0.25) is 4.98 Å². The lowest BCUT2D eigenvalue weighted by Crippen LogP contribution is -2.29. The van der Waals surface area contributed by atoms with Gasteiger partial charge in [-0.05, 0) is 79.3 Å². The number of pyridine rings is 1. The van der Waals surface area contributed by atoms with Crippen LogP contribution in [0.15, 0.2) is 120 Å². The van der Waals surface area contributed by atoms with E-state index in [1.807, 2.05) is 116 Å². The maximum absolute atomic E-state index is 6.43. The van der Waals surface area contributed by atoms with Gasteiger partial charge in [0.1, 0.15) is 29.1 Å². The molecule has 0 unspecified atom stereocenters. The van der Waals surface area contributed by atoms with Crippen LogP contribution in [-0.4, -0.2) is 10.1 Å². The summed E-state index contributed by atoms with van der Waals surface area (Å²) in [5.41, 5.74) is 3.95. The summed E-state index contributed by atoms with van der Waals surface area (Å²) in [4.78, 5) is 6.72. The van der Waals surface area contributed by atoms with Gasteiger partial charge in [0.05, 0.1) is 11.7 Å². The molecule has 0 saturated carbocycles. The molecule has 0 bridgehead atoms. The lowest BCUT2D eigenvalue weighted by Gasteiger charge is -2.26. The van der Waals surface area contributed by atoms with Gasteiger partial charge in [0.15, 0.2) is 5.11 Å². The van der Waals surface area contributed by atoms with Gasteiger partial charge in [0, 0.05) is 17.4 Å². The molecule has 3 heterocycles. The molecule has 0 spiro atoms. The number of benzene rings is 3. The summed E-state index contributed by atoms with van der Waals surface area (Å²) in [7, 11) is 0. The predicted octanol–water partition coefficient (Wildman–Crippen LogP) is 7.62. The number of aromatic nitrogens is 1. The summed E-state index contributed by atoms with van der Waals surface area (Å²) in [5.74, 6) is 3.22. The van der Waals surface area contributed by atoms with E-state index in [-0.39, 0.29) is 12.1 Å². The van der Waals surface area contributed by atoms with Crippen LogP contribution in [0.1, 0.15) is 29.1 Å². The first-order valence-electron chi connectivity index (χ1n) is 12.2. The largest absolute Gasteiger partial charge is 0.459 e. The minimum absolute atomic E-state index is 0.175. The highest BCUT2D eigenvalue weighted by Crippen LogP contribution is 2.43. The molecule has 37 heavy (non-hydrogen) atoms. The number of hydrogen-bond acceptors (Lipinski definition) is 4. The van der Waals surface area contributed by atoms with Crippen LogP contribution >= 0.6 is 12.2 Å². The Bertz CT molecular complexity index is 1520. The first-order chi connectivity index (χ1) is 18.2. The van der Waals surface area contributed by atoms with E-state index in [4.69, 9.17) is 21.4 Å². The van der Waals surface area contributed by atoms with Gasteiger partial charge in [-0.2, -0.15) is 0 Å². The molecule has 1 saturated heterocycles. The molecule has 6 rings (SSSR count). The zero-order valence-electron chi connectivity index (χ0n) is 20.2. The summed E-state index contributed by atoms with van der Waals surface area (Å²) < 4.78 is 12.5. The van der Waals surface area contributed by atoms with Crippen LogP contribution < -0.4 is 15.0 Å². The molecular weight excluding hydrogens is 478 g/mol. The molecule has 3 aromatic carbocycles. The average molecular weight is 504 g/mol. The van der Waals surface area contributed by atoms with Gasteiger partial charge in [0.2, 0.25) is 0 Å². The van der Waals surface area contributed by atoms with Crippen molar-refractivity contribution in [2.75, 3.05) is 4.90 Å². The number of ether oxygens (including phenoxy) is 1. The molecular formula is C31H25N3O2S. The molecule has 1 N–H and O–H groups in total. The molecule has 2 atom stereocenters. The first kappa shape index (κ1) is 23.0. The highest BCUT2D eigenvalue weighted by molar-refractivity contribution is 7.80. The lowest BCUT2D eigenvalue weighted by molar-refractivity contribution is 0.439. The summed E-state index contributed by atoms with van der Waals surface area (Å²) >= 11 is 5.85. The normalized spacial score (nSPS) is 17.0. The molecule has 1 aliphatic rings. The predicted molar refractivity (Wildman–Crippen MR) is 150 cm³/mol. The van der Waals surface area contributed by atoms with Crippen LogP contribution in [0.4, 0.5) is 5.69 Å². The van der Waals surface area contributed by atoms with Crippen LogP contribution in [0.3, 0.4) is 0 Å². The van der Waals surface area contributed by atoms with Gasteiger partial charge in [0.25, 0.3) is 0 Å². The number of para-hydroxylation sites is 1. The van der Waals surface area contributed by atoms with E-state index in [1.54, 1.807) is 6.20 Å². The summed E-state index contributed by atoms with van der Waals surface area (Å²) in [6.07, 6.45) is 1.80. The number of thiocarbonyl (C=S) groups is 1. The molecule has 182 valence electrons. The van der Waals surface area contributed by atoms with Crippen LogP contribution in [0.2, 0.25) is 0 Å². The number of furan rings is 1. The Morgan fingerprint density at radius 1 is 0.838 bits per heavy atom. The van der Waals surface area contributed by atoms with Crippen molar-refractivity contribution in [2.45, 2.75) is 19.0 Å². The topological polar surface area (TPSA) is 50.5 Å². The highest BCUT2D eigenvalue weighted by Gasteiger charge is 2.42. The second-order valence-corrected chi connectivity index (χ2v) is 9.31. The first-order valence-corrected chi connectivity index (χ1v) is 12.6. The quantitative estimate of drug-likeness (QED) is 0.241. The number of aryl methyl sites for hydroxylation is 1. The van der Waals surface area contributed by atoms with E-state index < -0.39 is 0 Å². The van der Waals surface area contributed by atoms with Gasteiger partial charge in [-0.1, -0.05) is 54.6 Å². The summed E-state index contributed by atoms with van der Waals surface area (Å²) in [5, 5.41) is 4.10.